The van der Waals surface area contributed by atoms with E-state index in [-0.39, 0.29) is 12.2 Å². The molecule has 0 aromatic carbocycles. The second kappa shape index (κ2) is 7.07. The van der Waals surface area contributed by atoms with E-state index < -0.39 is 35.1 Å². The van der Waals surface area contributed by atoms with Gasteiger partial charge in [0.2, 0.25) is 5.88 Å². The summed E-state index contributed by atoms with van der Waals surface area (Å²) >= 11 is 0. The van der Waals surface area contributed by atoms with E-state index in [0.29, 0.717) is 42.6 Å². The number of carboxylic acid groups (broad SMARTS) is 1. The Bertz CT molecular complexity index is 929. The number of aliphatic hydroxyl groups excluding tert-OH is 1. The molecule has 1 aliphatic carbocycles. The summed E-state index contributed by atoms with van der Waals surface area (Å²) < 4.78 is 26.0. The number of carbonyl (C=O) groups is 1. The van der Waals surface area contributed by atoms with Gasteiger partial charge in [-0.1, -0.05) is 6.92 Å². The van der Waals surface area contributed by atoms with Crippen molar-refractivity contribution in [2.45, 2.75) is 55.8 Å². The molecule has 3 N–H and O–H groups in total. The second-order valence-corrected chi connectivity index (χ2v) is 8.04. The first kappa shape index (κ1) is 19.8. The number of hydrogen-bond donors (Lipinski definition) is 3. The largest absolute Gasteiger partial charge is 0.481 e. The van der Waals surface area contributed by atoms with Gasteiger partial charge in [-0.3, -0.25) is 4.98 Å². The number of methoxy groups -OCH3 is 1. The van der Waals surface area contributed by atoms with Crippen LogP contribution in [0.5, 0.6) is 5.88 Å². The van der Waals surface area contributed by atoms with Crippen LogP contribution in [0.15, 0.2) is 18.3 Å². The third-order valence-electron chi connectivity index (χ3n) is 6.42. The Labute approximate surface area is 167 Å². The Morgan fingerprint density at radius 3 is 2.66 bits per heavy atom. The van der Waals surface area contributed by atoms with E-state index in [1.54, 1.807) is 19.1 Å². The second-order valence-electron chi connectivity index (χ2n) is 8.04. The molecular weight excluding hydrogens is 381 g/mol. The number of fused-ring (bicyclic) bond motifs is 4. The number of halogens is 1. The molecule has 2 atom stereocenters. The molecule has 3 aliphatic rings. The predicted octanol–water partition coefficient (Wildman–Crippen LogP) is 2.59. The van der Waals surface area contributed by atoms with Crippen LogP contribution in [0.2, 0.25) is 0 Å². The minimum Gasteiger partial charge on any atom is -0.481 e. The molecule has 2 unspecified atom stereocenters. The van der Waals surface area contributed by atoms with Crippen LogP contribution in [0.25, 0.3) is 11.0 Å². The number of aliphatic hydroxyl groups is 1. The Morgan fingerprint density at radius 1 is 1.34 bits per heavy atom. The number of nitrogens with one attached hydrogen (secondary N) is 1. The van der Waals surface area contributed by atoms with Crippen molar-refractivity contribution in [2.24, 2.45) is 0 Å². The van der Waals surface area contributed by atoms with Gasteiger partial charge in [-0.2, -0.15) is 0 Å². The number of amides is 1. The Balaban J connectivity index is 1.65. The van der Waals surface area contributed by atoms with Crippen molar-refractivity contribution in [3.63, 3.8) is 0 Å². The lowest BCUT2D eigenvalue weighted by Gasteiger charge is -2.55. The third-order valence-corrected chi connectivity index (χ3v) is 6.42. The van der Waals surface area contributed by atoms with Crippen molar-refractivity contribution >= 4 is 17.1 Å². The Kier molecular flexibility index (Phi) is 4.82. The van der Waals surface area contributed by atoms with Gasteiger partial charge >= 0.3 is 6.09 Å². The van der Waals surface area contributed by atoms with Gasteiger partial charge in [0.05, 0.1) is 48.2 Å². The lowest BCUT2D eigenvalue weighted by molar-refractivity contribution is -0.210. The first-order valence-corrected chi connectivity index (χ1v) is 9.61. The van der Waals surface area contributed by atoms with Crippen LogP contribution in [-0.4, -0.2) is 57.2 Å². The van der Waals surface area contributed by atoms with E-state index in [1.807, 2.05) is 0 Å². The summed E-state index contributed by atoms with van der Waals surface area (Å²) in [6, 6.07) is 3.35. The lowest BCUT2D eigenvalue weighted by Crippen LogP contribution is -2.66. The molecular formula is C20H24FN3O5. The van der Waals surface area contributed by atoms with Gasteiger partial charge < -0.3 is 25.0 Å². The van der Waals surface area contributed by atoms with Gasteiger partial charge in [-0.15, -0.1) is 0 Å². The maximum atomic E-state index is 14.8. The number of ether oxygens (including phenoxy) is 2. The smallest absolute Gasteiger partial charge is 0.405 e. The van der Waals surface area contributed by atoms with Crippen LogP contribution in [-0.2, 0) is 4.74 Å². The lowest BCUT2D eigenvalue weighted by atomic mass is 9.66. The molecule has 3 fully saturated rings. The van der Waals surface area contributed by atoms with Crippen LogP contribution in [0.1, 0.15) is 44.1 Å². The van der Waals surface area contributed by atoms with Gasteiger partial charge in [0, 0.05) is 17.5 Å². The molecule has 9 heteroatoms. The van der Waals surface area contributed by atoms with E-state index in [1.165, 1.54) is 7.11 Å². The van der Waals surface area contributed by atoms with Crippen molar-refractivity contribution in [2.75, 3.05) is 13.7 Å². The monoisotopic (exact) mass is 405 g/mol. The summed E-state index contributed by atoms with van der Waals surface area (Å²) in [6.45, 7) is 1.93. The van der Waals surface area contributed by atoms with Crippen LogP contribution >= 0.6 is 0 Å². The fourth-order valence-corrected chi connectivity index (χ4v) is 4.70. The predicted molar refractivity (Wildman–Crippen MR) is 102 cm³/mol. The van der Waals surface area contributed by atoms with Crippen LogP contribution in [0.4, 0.5) is 9.18 Å². The zero-order valence-corrected chi connectivity index (χ0v) is 16.3. The molecule has 0 spiro atoms. The van der Waals surface area contributed by atoms with E-state index >= 15 is 0 Å². The first-order chi connectivity index (χ1) is 13.8. The average Bonchev–Trinajstić information content (AvgIpc) is 2.72. The standard InChI is InChI=1S/C20H24FN3O5/c1-11(15-12(21)9-22-13-3-4-14(28-2)23-16(13)15)17(25)20-7-5-19(6-8-20,10-29-20)24-18(26)27/h3-4,9,11,17,24-25H,5-8,10H2,1-2H3,(H,26,27). The number of hydrogen-bond acceptors (Lipinski definition) is 6. The molecule has 5 rings (SSSR count). The molecule has 2 aliphatic heterocycles. The highest BCUT2D eigenvalue weighted by Gasteiger charge is 2.55. The molecule has 156 valence electrons. The minimum absolute atomic E-state index is 0.189. The highest BCUT2D eigenvalue weighted by molar-refractivity contribution is 5.79. The molecule has 0 radical (unpaired) electrons. The normalized spacial score (nSPS) is 28.1. The van der Waals surface area contributed by atoms with Crippen molar-refractivity contribution in [1.29, 1.82) is 0 Å². The van der Waals surface area contributed by atoms with Crippen molar-refractivity contribution in [3.8, 4) is 5.88 Å². The summed E-state index contributed by atoms with van der Waals surface area (Å²) in [6.07, 6.45) is 1.17. The summed E-state index contributed by atoms with van der Waals surface area (Å²) in [5, 5.41) is 22.9. The molecule has 2 bridgehead atoms. The van der Waals surface area contributed by atoms with Crippen LogP contribution in [0.3, 0.4) is 0 Å². The molecule has 2 aromatic heterocycles. The van der Waals surface area contributed by atoms with Crippen molar-refractivity contribution in [3.05, 3.63) is 29.7 Å². The minimum atomic E-state index is -1.08. The molecule has 2 saturated heterocycles. The highest BCUT2D eigenvalue weighted by atomic mass is 19.1. The number of aromatic nitrogens is 2. The SMILES string of the molecule is COc1ccc2ncc(F)c(C(C)C(O)C34CCC(NC(=O)O)(CC3)CO4)c2n1. The summed E-state index contributed by atoms with van der Waals surface area (Å²) in [7, 11) is 1.48. The molecule has 1 amide bonds. The van der Waals surface area contributed by atoms with E-state index in [4.69, 9.17) is 14.6 Å². The summed E-state index contributed by atoms with van der Waals surface area (Å²) in [5.74, 6) is -0.824. The van der Waals surface area contributed by atoms with Crippen LogP contribution < -0.4 is 10.1 Å². The topological polar surface area (TPSA) is 114 Å². The fraction of sp³-hybridized carbons (Fsp3) is 0.550. The Morgan fingerprint density at radius 2 is 2.07 bits per heavy atom. The molecule has 2 aromatic rings. The zero-order valence-electron chi connectivity index (χ0n) is 16.3. The number of pyridine rings is 2. The number of nitrogens with zero attached hydrogens (tertiary/aromatic N) is 2. The van der Waals surface area contributed by atoms with Gasteiger partial charge in [0.15, 0.2) is 0 Å². The van der Waals surface area contributed by atoms with E-state index in [0.717, 1.165) is 6.20 Å². The number of rotatable bonds is 5. The van der Waals surface area contributed by atoms with E-state index in [2.05, 4.69) is 15.3 Å². The highest BCUT2D eigenvalue weighted by Crippen LogP contribution is 2.48. The summed E-state index contributed by atoms with van der Waals surface area (Å²) in [4.78, 5) is 19.5. The maximum absolute atomic E-state index is 14.8. The van der Waals surface area contributed by atoms with E-state index in [9.17, 15) is 14.3 Å². The van der Waals surface area contributed by atoms with Gasteiger partial charge in [0.1, 0.15) is 5.82 Å². The summed E-state index contributed by atoms with van der Waals surface area (Å²) in [5.41, 5.74) is -0.328. The van der Waals surface area contributed by atoms with Crippen molar-refractivity contribution in [1.82, 2.24) is 15.3 Å². The zero-order chi connectivity index (χ0) is 20.8. The van der Waals surface area contributed by atoms with Gasteiger partial charge in [0.25, 0.3) is 0 Å². The average molecular weight is 405 g/mol. The van der Waals surface area contributed by atoms with Gasteiger partial charge in [-0.05, 0) is 31.7 Å². The van der Waals surface area contributed by atoms with Gasteiger partial charge in [-0.25, -0.2) is 14.2 Å². The molecule has 8 nitrogen and oxygen atoms in total. The van der Waals surface area contributed by atoms with Crippen molar-refractivity contribution < 1.29 is 28.9 Å². The fourth-order valence-electron chi connectivity index (χ4n) is 4.70. The van der Waals surface area contributed by atoms with Crippen LogP contribution in [0, 0.1) is 5.82 Å². The third kappa shape index (κ3) is 3.28. The molecule has 4 heterocycles. The quantitative estimate of drug-likeness (QED) is 0.701. The maximum Gasteiger partial charge on any atom is 0.405 e. The first-order valence-electron chi connectivity index (χ1n) is 9.61. The molecule has 29 heavy (non-hydrogen) atoms. The molecule has 1 saturated carbocycles. The Hall–Kier alpha value is -2.52.